The second-order valence-electron chi connectivity index (χ2n) is 3.81. The molecule has 0 radical (unpaired) electrons. The quantitative estimate of drug-likeness (QED) is 0.631. The Morgan fingerprint density at radius 1 is 1.33 bits per heavy atom. The lowest BCUT2D eigenvalue weighted by molar-refractivity contribution is -0.177. The van der Waals surface area contributed by atoms with Crippen LogP contribution < -0.4 is 0 Å². The molecule has 1 rings (SSSR count). The van der Waals surface area contributed by atoms with Gasteiger partial charge in [-0.2, -0.15) is 5.06 Å². The monoisotopic (exact) mass is 212 g/mol. The Labute approximate surface area is 91.4 Å². The number of hydroxylamine groups is 2. The van der Waals surface area contributed by atoms with Gasteiger partial charge in [-0.3, -0.25) is 4.79 Å². The first-order valence-electron chi connectivity index (χ1n) is 5.60. The maximum atomic E-state index is 10.7. The highest BCUT2D eigenvalue weighted by Gasteiger charge is 2.13. The predicted molar refractivity (Wildman–Crippen MR) is 58.5 cm³/mol. The average Bonchev–Trinajstić information content (AvgIpc) is 2.59. The Bertz CT molecular complexity index is 229. The number of nitrogens with zero attached hydrogens (tertiary/aromatic N) is 2. The highest BCUT2D eigenvalue weighted by atomic mass is 16.7. The van der Waals surface area contributed by atoms with Gasteiger partial charge in [-0.15, -0.1) is 0 Å². The van der Waals surface area contributed by atoms with Crippen LogP contribution in [0, 0.1) is 0 Å². The van der Waals surface area contributed by atoms with Crippen molar-refractivity contribution < 1.29 is 9.63 Å². The van der Waals surface area contributed by atoms with Crippen LogP contribution in [0.15, 0.2) is 12.4 Å². The molecule has 0 aliphatic carbocycles. The molecule has 1 heterocycles. The minimum Gasteiger partial charge on any atom is -0.356 e. The molecular weight excluding hydrogens is 192 g/mol. The van der Waals surface area contributed by atoms with Crippen molar-refractivity contribution in [2.45, 2.75) is 39.5 Å². The fourth-order valence-corrected chi connectivity index (χ4v) is 1.55. The first kappa shape index (κ1) is 11.9. The molecule has 0 aromatic heterocycles. The van der Waals surface area contributed by atoms with Crippen molar-refractivity contribution in [3.05, 3.63) is 12.4 Å². The molecule has 0 spiro atoms. The summed E-state index contributed by atoms with van der Waals surface area (Å²) in [5.41, 5.74) is 0. The zero-order valence-electron chi connectivity index (χ0n) is 9.61. The average molecular weight is 212 g/mol. The molecule has 0 N–H and O–H groups in total. The van der Waals surface area contributed by atoms with E-state index in [1.165, 1.54) is 32.6 Å². The second kappa shape index (κ2) is 6.32. The molecule has 0 aromatic rings. The van der Waals surface area contributed by atoms with Gasteiger partial charge in [0.2, 0.25) is 0 Å². The van der Waals surface area contributed by atoms with E-state index in [2.05, 4.69) is 11.8 Å². The van der Waals surface area contributed by atoms with E-state index in [0.29, 0.717) is 6.67 Å². The van der Waals surface area contributed by atoms with Crippen LogP contribution in [0.2, 0.25) is 0 Å². The van der Waals surface area contributed by atoms with Crippen LogP contribution in [0.1, 0.15) is 39.5 Å². The topological polar surface area (TPSA) is 32.8 Å². The van der Waals surface area contributed by atoms with E-state index in [0.717, 1.165) is 6.54 Å². The van der Waals surface area contributed by atoms with E-state index in [4.69, 9.17) is 4.84 Å². The molecule has 4 heteroatoms. The summed E-state index contributed by atoms with van der Waals surface area (Å²) in [6.07, 6.45) is 8.79. The first-order chi connectivity index (χ1) is 7.22. The van der Waals surface area contributed by atoms with Gasteiger partial charge >= 0.3 is 5.97 Å². The van der Waals surface area contributed by atoms with Crippen LogP contribution >= 0.6 is 0 Å². The van der Waals surface area contributed by atoms with Gasteiger partial charge < -0.3 is 9.74 Å². The molecule has 1 aliphatic rings. The third kappa shape index (κ3) is 4.72. The van der Waals surface area contributed by atoms with E-state index in [-0.39, 0.29) is 5.97 Å². The van der Waals surface area contributed by atoms with E-state index in [1.807, 2.05) is 6.20 Å². The molecule has 86 valence electrons. The SMILES string of the molecule is CCCCCCN1C=CN(OC(C)=O)C1. The van der Waals surface area contributed by atoms with Gasteiger partial charge in [-0.05, 0) is 6.42 Å². The Hall–Kier alpha value is -1.19. The lowest BCUT2D eigenvalue weighted by atomic mass is 10.2. The number of hydrogen-bond acceptors (Lipinski definition) is 4. The fraction of sp³-hybridized carbons (Fsp3) is 0.727. The summed E-state index contributed by atoms with van der Waals surface area (Å²) in [6, 6.07) is 0. The van der Waals surface area contributed by atoms with Gasteiger partial charge in [0, 0.05) is 19.7 Å². The molecule has 0 saturated heterocycles. The van der Waals surface area contributed by atoms with E-state index in [9.17, 15) is 4.79 Å². The zero-order chi connectivity index (χ0) is 11.1. The van der Waals surface area contributed by atoms with Crippen molar-refractivity contribution in [2.75, 3.05) is 13.2 Å². The van der Waals surface area contributed by atoms with Gasteiger partial charge in [-0.25, -0.2) is 0 Å². The van der Waals surface area contributed by atoms with Gasteiger partial charge in [0.1, 0.15) is 6.67 Å². The lowest BCUT2D eigenvalue weighted by Gasteiger charge is -2.19. The molecule has 0 bridgehead atoms. The van der Waals surface area contributed by atoms with Crippen molar-refractivity contribution in [3.8, 4) is 0 Å². The van der Waals surface area contributed by atoms with Crippen LogP contribution in [-0.2, 0) is 9.63 Å². The molecule has 0 amide bonds. The molecular formula is C11H20N2O2. The zero-order valence-corrected chi connectivity index (χ0v) is 9.61. The number of unbranched alkanes of at least 4 members (excludes halogenated alkanes) is 3. The molecule has 15 heavy (non-hydrogen) atoms. The molecule has 0 aromatic carbocycles. The minimum atomic E-state index is -0.271. The van der Waals surface area contributed by atoms with Crippen LogP contribution in [0.25, 0.3) is 0 Å². The van der Waals surface area contributed by atoms with Crippen molar-refractivity contribution >= 4 is 5.97 Å². The third-order valence-corrected chi connectivity index (χ3v) is 2.31. The molecule has 0 saturated carbocycles. The molecule has 0 unspecified atom stereocenters. The van der Waals surface area contributed by atoms with Crippen molar-refractivity contribution in [3.63, 3.8) is 0 Å². The molecule has 1 aliphatic heterocycles. The van der Waals surface area contributed by atoms with E-state index >= 15 is 0 Å². The Balaban J connectivity index is 2.09. The van der Waals surface area contributed by atoms with Gasteiger partial charge in [0.25, 0.3) is 0 Å². The normalized spacial score (nSPS) is 14.8. The predicted octanol–water partition coefficient (Wildman–Crippen LogP) is 2.09. The summed E-state index contributed by atoms with van der Waals surface area (Å²) in [5.74, 6) is -0.271. The number of rotatable bonds is 6. The molecule has 4 nitrogen and oxygen atoms in total. The molecule has 0 fully saturated rings. The maximum absolute atomic E-state index is 10.7. The fourth-order valence-electron chi connectivity index (χ4n) is 1.55. The summed E-state index contributed by atoms with van der Waals surface area (Å²) >= 11 is 0. The van der Waals surface area contributed by atoms with Crippen LogP contribution in [-0.4, -0.2) is 29.1 Å². The van der Waals surface area contributed by atoms with Crippen molar-refractivity contribution in [1.82, 2.24) is 9.96 Å². The summed E-state index contributed by atoms with van der Waals surface area (Å²) in [7, 11) is 0. The summed E-state index contributed by atoms with van der Waals surface area (Å²) in [4.78, 5) is 17.8. The second-order valence-corrected chi connectivity index (χ2v) is 3.81. The van der Waals surface area contributed by atoms with Gasteiger partial charge in [0.05, 0.1) is 6.20 Å². The lowest BCUT2D eigenvalue weighted by Crippen LogP contribution is -2.27. The smallest absolute Gasteiger partial charge is 0.329 e. The summed E-state index contributed by atoms with van der Waals surface area (Å²) < 4.78 is 0. The third-order valence-electron chi connectivity index (χ3n) is 2.31. The van der Waals surface area contributed by atoms with Crippen LogP contribution in [0.4, 0.5) is 0 Å². The number of carbonyl (C=O) groups is 1. The van der Waals surface area contributed by atoms with E-state index in [1.54, 1.807) is 11.3 Å². The Morgan fingerprint density at radius 3 is 2.80 bits per heavy atom. The summed E-state index contributed by atoms with van der Waals surface area (Å²) in [5, 5.41) is 1.56. The number of hydrogen-bond donors (Lipinski definition) is 0. The van der Waals surface area contributed by atoms with Crippen LogP contribution in [0.3, 0.4) is 0 Å². The summed E-state index contributed by atoms with van der Waals surface area (Å²) in [6.45, 7) is 5.32. The highest BCUT2D eigenvalue weighted by molar-refractivity contribution is 5.65. The minimum absolute atomic E-state index is 0.271. The standard InChI is InChI=1S/C11H20N2O2/c1-3-4-5-6-7-12-8-9-13(10-12)15-11(2)14/h8-9H,3-7,10H2,1-2H3. The van der Waals surface area contributed by atoms with Gasteiger partial charge in [0.15, 0.2) is 0 Å². The Kier molecular flexibility index (Phi) is 5.01. The van der Waals surface area contributed by atoms with E-state index < -0.39 is 0 Å². The van der Waals surface area contributed by atoms with Gasteiger partial charge in [-0.1, -0.05) is 26.2 Å². The van der Waals surface area contributed by atoms with Crippen molar-refractivity contribution in [2.24, 2.45) is 0 Å². The van der Waals surface area contributed by atoms with Crippen LogP contribution in [0.5, 0.6) is 0 Å². The molecule has 0 atom stereocenters. The number of carbonyl (C=O) groups excluding carboxylic acids is 1. The largest absolute Gasteiger partial charge is 0.356 e. The first-order valence-corrected chi connectivity index (χ1v) is 5.60. The van der Waals surface area contributed by atoms with Crippen molar-refractivity contribution in [1.29, 1.82) is 0 Å². The Morgan fingerprint density at radius 2 is 2.13 bits per heavy atom. The highest BCUT2D eigenvalue weighted by Crippen LogP contribution is 2.09. The maximum Gasteiger partial charge on any atom is 0.329 e.